The van der Waals surface area contributed by atoms with Gasteiger partial charge in [-0.15, -0.1) is 13.0 Å². The van der Waals surface area contributed by atoms with Crippen molar-refractivity contribution in [3.8, 4) is 23.8 Å². The highest BCUT2D eigenvalue weighted by molar-refractivity contribution is 6.39. The number of rotatable bonds is 8. The van der Waals surface area contributed by atoms with Crippen LogP contribution < -0.4 is 19.7 Å². The minimum Gasteiger partial charge on any atom is -0.490 e. The molecule has 1 aliphatic heterocycles. The van der Waals surface area contributed by atoms with Gasteiger partial charge in [-0.3, -0.25) is 14.9 Å². The van der Waals surface area contributed by atoms with Crippen LogP contribution in [0.5, 0.6) is 11.5 Å². The lowest BCUT2D eigenvalue weighted by atomic mass is 10.0. The van der Waals surface area contributed by atoms with Gasteiger partial charge in [0.15, 0.2) is 11.5 Å². The highest BCUT2D eigenvalue weighted by atomic mass is 35.5. The topological polar surface area (TPSA) is 84.9 Å². The maximum atomic E-state index is 13.1. The number of allylic oxidation sites excluding steroid dienone is 1. The fourth-order valence-electron chi connectivity index (χ4n) is 3.29. The summed E-state index contributed by atoms with van der Waals surface area (Å²) in [5.74, 6) is 1.71. The Morgan fingerprint density at radius 1 is 1.21 bits per heavy atom. The summed E-state index contributed by atoms with van der Waals surface area (Å²) in [5.41, 5.74) is 1.23. The quantitative estimate of drug-likeness (QED) is 0.274. The number of nitrogens with one attached hydrogen (secondary N) is 1. The number of imide groups is 2. The van der Waals surface area contributed by atoms with Gasteiger partial charge in [-0.05, 0) is 55.3 Å². The molecule has 0 saturated carbocycles. The second kappa shape index (κ2) is 10.5. The summed E-state index contributed by atoms with van der Waals surface area (Å²) in [4.78, 5) is 38.9. The van der Waals surface area contributed by atoms with Gasteiger partial charge in [0.2, 0.25) is 0 Å². The van der Waals surface area contributed by atoms with E-state index in [0.29, 0.717) is 40.7 Å². The molecule has 8 heteroatoms. The van der Waals surface area contributed by atoms with Crippen LogP contribution in [0.2, 0.25) is 5.02 Å². The fraction of sp³-hybridized carbons (Fsp3) is 0.160. The number of terminal acetylenes is 1. The second-order valence-corrected chi connectivity index (χ2v) is 7.30. The molecular formula is C25H21ClN2O5. The first-order chi connectivity index (χ1) is 15.9. The normalized spacial score (nSPS) is 14.6. The molecule has 168 valence electrons. The van der Waals surface area contributed by atoms with Crippen LogP contribution in [0.4, 0.5) is 10.5 Å². The summed E-state index contributed by atoms with van der Waals surface area (Å²) < 4.78 is 11.4. The molecule has 0 unspecified atom stereocenters. The van der Waals surface area contributed by atoms with Crippen molar-refractivity contribution in [2.45, 2.75) is 13.3 Å². The minimum absolute atomic E-state index is 0.0439. The maximum absolute atomic E-state index is 13.1. The van der Waals surface area contributed by atoms with E-state index >= 15 is 0 Å². The van der Waals surface area contributed by atoms with E-state index in [0.717, 1.165) is 4.90 Å². The summed E-state index contributed by atoms with van der Waals surface area (Å²) in [7, 11) is 0. The highest BCUT2D eigenvalue weighted by Gasteiger charge is 2.37. The number of hydrogen-bond acceptors (Lipinski definition) is 5. The average Bonchev–Trinajstić information content (AvgIpc) is 2.76. The van der Waals surface area contributed by atoms with E-state index in [4.69, 9.17) is 27.5 Å². The Balaban J connectivity index is 2.08. The van der Waals surface area contributed by atoms with E-state index in [2.05, 4.69) is 17.8 Å². The van der Waals surface area contributed by atoms with Crippen molar-refractivity contribution in [2.24, 2.45) is 0 Å². The van der Waals surface area contributed by atoms with Gasteiger partial charge in [0, 0.05) is 10.6 Å². The number of amides is 4. The van der Waals surface area contributed by atoms with Gasteiger partial charge >= 0.3 is 6.03 Å². The van der Waals surface area contributed by atoms with Crippen molar-refractivity contribution < 1.29 is 23.9 Å². The van der Waals surface area contributed by atoms with E-state index in [1.54, 1.807) is 36.4 Å². The first kappa shape index (κ1) is 23.6. The van der Waals surface area contributed by atoms with Crippen molar-refractivity contribution in [3.05, 3.63) is 70.8 Å². The van der Waals surface area contributed by atoms with E-state index < -0.39 is 17.8 Å². The van der Waals surface area contributed by atoms with Crippen molar-refractivity contribution in [1.29, 1.82) is 0 Å². The van der Waals surface area contributed by atoms with Gasteiger partial charge in [-0.25, -0.2) is 9.69 Å². The molecule has 2 aromatic carbocycles. The van der Waals surface area contributed by atoms with Crippen LogP contribution in [-0.2, 0) is 16.0 Å². The molecule has 0 spiro atoms. The number of urea groups is 1. The average molecular weight is 465 g/mol. The predicted octanol–water partition coefficient (Wildman–Crippen LogP) is 4.15. The van der Waals surface area contributed by atoms with E-state index in [1.165, 1.54) is 12.1 Å². The number of anilines is 1. The molecule has 0 atom stereocenters. The van der Waals surface area contributed by atoms with E-state index in [9.17, 15) is 14.4 Å². The minimum atomic E-state index is -0.857. The van der Waals surface area contributed by atoms with Crippen LogP contribution in [0.25, 0.3) is 6.08 Å². The number of halogens is 1. The Hall–Kier alpha value is -4.02. The zero-order chi connectivity index (χ0) is 24.0. The van der Waals surface area contributed by atoms with Crippen LogP contribution in [0, 0.1) is 12.3 Å². The van der Waals surface area contributed by atoms with Crippen LogP contribution >= 0.6 is 11.6 Å². The summed E-state index contributed by atoms with van der Waals surface area (Å²) in [5, 5.41) is 2.53. The number of hydrogen-bond donors (Lipinski definition) is 1. The van der Waals surface area contributed by atoms with Gasteiger partial charge in [-0.1, -0.05) is 29.7 Å². The molecule has 1 N–H and O–H groups in total. The molecule has 0 bridgehead atoms. The molecule has 1 saturated heterocycles. The summed E-state index contributed by atoms with van der Waals surface area (Å²) in [6, 6.07) is 8.73. The number of ether oxygens (including phenoxy) is 2. The summed E-state index contributed by atoms with van der Waals surface area (Å²) >= 11 is 6.00. The zero-order valence-corrected chi connectivity index (χ0v) is 18.6. The smallest absolute Gasteiger partial charge is 0.335 e. The third-order valence-electron chi connectivity index (χ3n) is 4.60. The molecule has 2 aromatic rings. The molecular weight excluding hydrogens is 444 g/mol. The van der Waals surface area contributed by atoms with Crippen LogP contribution in [0.1, 0.15) is 18.1 Å². The maximum Gasteiger partial charge on any atom is 0.335 e. The third-order valence-corrected chi connectivity index (χ3v) is 4.83. The molecule has 3 rings (SSSR count). The lowest BCUT2D eigenvalue weighted by Crippen LogP contribution is -2.54. The lowest BCUT2D eigenvalue weighted by molar-refractivity contribution is -0.122. The molecule has 33 heavy (non-hydrogen) atoms. The number of barbiturate groups is 1. The van der Waals surface area contributed by atoms with Crippen LogP contribution in [-0.4, -0.2) is 31.1 Å². The molecule has 1 aliphatic rings. The van der Waals surface area contributed by atoms with Gasteiger partial charge in [0.1, 0.15) is 12.2 Å². The second-order valence-electron chi connectivity index (χ2n) is 6.86. The number of benzene rings is 2. The molecule has 1 heterocycles. The highest BCUT2D eigenvalue weighted by Crippen LogP contribution is 2.35. The molecule has 1 fully saturated rings. The molecule has 0 aliphatic carbocycles. The number of carbonyl (C=O) groups excluding carboxylic acids is 3. The van der Waals surface area contributed by atoms with Crippen molar-refractivity contribution in [2.75, 3.05) is 18.1 Å². The van der Waals surface area contributed by atoms with Gasteiger partial charge in [-0.2, -0.15) is 0 Å². The molecule has 0 aromatic heterocycles. The Morgan fingerprint density at radius 2 is 2.00 bits per heavy atom. The molecule has 0 radical (unpaired) electrons. The third kappa shape index (κ3) is 5.25. The Bertz CT molecular complexity index is 1200. The van der Waals surface area contributed by atoms with E-state index in [-0.39, 0.29) is 17.9 Å². The van der Waals surface area contributed by atoms with Crippen LogP contribution in [0.15, 0.2) is 54.6 Å². The molecule has 4 amide bonds. The number of carbonyl (C=O) groups is 3. The fourth-order valence-corrected chi connectivity index (χ4v) is 3.47. The summed E-state index contributed by atoms with van der Waals surface area (Å²) in [6.45, 7) is 5.97. The number of nitrogens with zero attached hydrogens (tertiary/aromatic N) is 1. The Kier molecular flexibility index (Phi) is 7.54. The van der Waals surface area contributed by atoms with Gasteiger partial charge < -0.3 is 9.47 Å². The first-order valence-corrected chi connectivity index (χ1v) is 10.4. The monoisotopic (exact) mass is 464 g/mol. The Labute approximate surface area is 196 Å². The standard InChI is InChI=1S/C25H21ClN2O5/c1-4-8-17-12-16(14-21(32-6-3)22(17)33-11-5-2)13-20-23(29)27-25(31)28(24(20)30)19-10-7-9-18(26)15-19/h2,4,7,9-10,12-15H,1,6,8,11H2,3H3,(H,27,29,31)/b20-13+. The van der Waals surface area contributed by atoms with Crippen molar-refractivity contribution >= 4 is 41.2 Å². The van der Waals surface area contributed by atoms with Crippen LogP contribution in [0.3, 0.4) is 0 Å². The largest absolute Gasteiger partial charge is 0.490 e. The lowest BCUT2D eigenvalue weighted by Gasteiger charge is -2.26. The summed E-state index contributed by atoms with van der Waals surface area (Å²) in [6.07, 6.45) is 8.83. The molecule has 7 nitrogen and oxygen atoms in total. The van der Waals surface area contributed by atoms with E-state index in [1.807, 2.05) is 6.92 Å². The van der Waals surface area contributed by atoms with Gasteiger partial charge in [0.05, 0.1) is 12.3 Å². The SMILES string of the molecule is C#CCOc1c(CC=C)cc(/C=C2\C(=O)NC(=O)N(c3cccc(Cl)c3)C2=O)cc1OCC. The van der Waals surface area contributed by atoms with Crippen molar-refractivity contribution in [1.82, 2.24) is 5.32 Å². The predicted molar refractivity (Wildman–Crippen MR) is 126 cm³/mol. The Morgan fingerprint density at radius 3 is 2.67 bits per heavy atom. The van der Waals surface area contributed by atoms with Gasteiger partial charge in [0.25, 0.3) is 11.8 Å². The first-order valence-electron chi connectivity index (χ1n) is 10.0. The zero-order valence-electron chi connectivity index (χ0n) is 17.9. The van der Waals surface area contributed by atoms with Crippen molar-refractivity contribution in [3.63, 3.8) is 0 Å².